The Morgan fingerprint density at radius 1 is 1.31 bits per heavy atom. The van der Waals surface area contributed by atoms with Crippen molar-refractivity contribution in [2.45, 2.75) is 39.8 Å². The van der Waals surface area contributed by atoms with Gasteiger partial charge in [0.15, 0.2) is 0 Å². The average Bonchev–Trinajstić information content (AvgIpc) is 2.42. The zero-order valence-electron chi connectivity index (χ0n) is 10.3. The third-order valence-corrected chi connectivity index (χ3v) is 3.51. The summed E-state index contributed by atoms with van der Waals surface area (Å²) in [4.78, 5) is 0. The Balaban J connectivity index is 2.51. The van der Waals surface area contributed by atoms with E-state index in [1.54, 1.807) is 0 Å². The van der Waals surface area contributed by atoms with E-state index in [0.29, 0.717) is 22.1 Å². The molecule has 4 heteroatoms. The van der Waals surface area contributed by atoms with Crippen LogP contribution >= 0.6 is 23.2 Å². The molecule has 1 heterocycles. The quantitative estimate of drug-likeness (QED) is 0.853. The van der Waals surface area contributed by atoms with E-state index in [2.05, 4.69) is 26.1 Å². The molecule has 0 saturated heterocycles. The van der Waals surface area contributed by atoms with Crippen molar-refractivity contribution in [2.75, 3.05) is 0 Å². The lowest BCUT2D eigenvalue weighted by Gasteiger charge is -2.16. The van der Waals surface area contributed by atoms with Crippen molar-refractivity contribution in [3.05, 3.63) is 21.9 Å². The van der Waals surface area contributed by atoms with Crippen LogP contribution in [0.3, 0.4) is 0 Å². The molecule has 16 heavy (non-hydrogen) atoms. The van der Waals surface area contributed by atoms with Crippen molar-refractivity contribution < 1.29 is 0 Å². The van der Waals surface area contributed by atoms with Crippen molar-refractivity contribution in [1.82, 2.24) is 9.88 Å². The van der Waals surface area contributed by atoms with Gasteiger partial charge in [-0.3, -0.25) is 0 Å². The molecule has 0 fully saturated rings. The van der Waals surface area contributed by atoms with Gasteiger partial charge >= 0.3 is 0 Å². The fourth-order valence-corrected chi connectivity index (χ4v) is 2.24. The summed E-state index contributed by atoms with van der Waals surface area (Å²) < 4.78 is 1.92. The van der Waals surface area contributed by atoms with Gasteiger partial charge in [0.2, 0.25) is 0 Å². The molecule has 0 saturated carbocycles. The van der Waals surface area contributed by atoms with Crippen molar-refractivity contribution in [1.29, 1.82) is 0 Å². The molecule has 0 aromatic carbocycles. The van der Waals surface area contributed by atoms with Crippen LogP contribution in [0.4, 0.5) is 0 Å². The van der Waals surface area contributed by atoms with Crippen molar-refractivity contribution >= 4 is 23.2 Å². The molecule has 0 spiro atoms. The van der Waals surface area contributed by atoms with Gasteiger partial charge in [0.25, 0.3) is 0 Å². The highest BCUT2D eigenvalue weighted by molar-refractivity contribution is 6.41. The highest BCUT2D eigenvalue weighted by atomic mass is 35.5. The maximum atomic E-state index is 6.00. The molecule has 1 aromatic heterocycles. The zero-order valence-corrected chi connectivity index (χ0v) is 11.9. The van der Waals surface area contributed by atoms with Gasteiger partial charge < -0.3 is 9.88 Å². The molecule has 0 aliphatic carbocycles. The van der Waals surface area contributed by atoms with Crippen molar-refractivity contribution in [3.8, 4) is 0 Å². The molecule has 0 radical (unpaired) electrons. The number of rotatable bonds is 5. The summed E-state index contributed by atoms with van der Waals surface area (Å²) in [5.41, 5.74) is 1.12. The van der Waals surface area contributed by atoms with E-state index >= 15 is 0 Å². The Bertz CT molecular complexity index is 345. The monoisotopic (exact) mass is 262 g/mol. The van der Waals surface area contributed by atoms with Gasteiger partial charge in [0, 0.05) is 25.3 Å². The van der Waals surface area contributed by atoms with Crippen LogP contribution in [0.2, 0.25) is 10.2 Å². The summed E-state index contributed by atoms with van der Waals surface area (Å²) >= 11 is 12.0. The van der Waals surface area contributed by atoms with Crippen molar-refractivity contribution in [3.63, 3.8) is 0 Å². The first-order chi connectivity index (χ1) is 7.41. The first kappa shape index (κ1) is 13.9. The van der Waals surface area contributed by atoms with E-state index in [-0.39, 0.29) is 0 Å². The first-order valence-electron chi connectivity index (χ1n) is 5.64. The summed E-state index contributed by atoms with van der Waals surface area (Å²) in [6.45, 7) is 7.46. The lowest BCUT2D eigenvalue weighted by atomic mass is 10.1. The van der Waals surface area contributed by atoms with Crippen LogP contribution in [0.1, 0.15) is 32.9 Å². The van der Waals surface area contributed by atoms with Gasteiger partial charge in [-0.05, 0) is 25.3 Å². The minimum Gasteiger partial charge on any atom is -0.336 e. The van der Waals surface area contributed by atoms with E-state index in [4.69, 9.17) is 23.2 Å². The number of halogens is 2. The maximum absolute atomic E-state index is 6.00. The molecule has 0 amide bonds. The molecule has 1 N–H and O–H groups in total. The molecule has 1 atom stereocenters. The fraction of sp³-hybridized carbons (Fsp3) is 0.667. The third-order valence-electron chi connectivity index (χ3n) is 2.67. The Morgan fingerprint density at radius 2 is 1.94 bits per heavy atom. The van der Waals surface area contributed by atoms with Crippen LogP contribution in [-0.4, -0.2) is 10.6 Å². The van der Waals surface area contributed by atoms with Gasteiger partial charge in [-0.1, -0.05) is 37.0 Å². The Morgan fingerprint density at radius 3 is 2.38 bits per heavy atom. The summed E-state index contributed by atoms with van der Waals surface area (Å²) in [6, 6.07) is 2.42. The number of aromatic nitrogens is 1. The van der Waals surface area contributed by atoms with E-state index in [9.17, 15) is 0 Å². The minimum atomic E-state index is 0.507. The van der Waals surface area contributed by atoms with Crippen molar-refractivity contribution in [2.24, 2.45) is 13.0 Å². The van der Waals surface area contributed by atoms with Gasteiger partial charge in [-0.25, -0.2) is 0 Å². The predicted molar refractivity (Wildman–Crippen MR) is 71.2 cm³/mol. The molecular weight excluding hydrogens is 243 g/mol. The normalized spacial score (nSPS) is 13.4. The Hall–Kier alpha value is -0.180. The Labute approximate surface area is 108 Å². The Kier molecular flexibility index (Phi) is 5.16. The largest absolute Gasteiger partial charge is 0.336 e. The van der Waals surface area contributed by atoms with Crippen LogP contribution in [0.5, 0.6) is 0 Å². The van der Waals surface area contributed by atoms with Crippen LogP contribution in [0.25, 0.3) is 0 Å². The number of hydrogen-bond donors (Lipinski definition) is 1. The maximum Gasteiger partial charge on any atom is 0.127 e. The highest BCUT2D eigenvalue weighted by Gasteiger charge is 2.10. The molecule has 1 aromatic rings. The van der Waals surface area contributed by atoms with Gasteiger partial charge in [0.1, 0.15) is 5.15 Å². The SMILES string of the molecule is CC(C)CC(C)NCc1cc(Cl)c(Cl)n1C. The van der Waals surface area contributed by atoms with Gasteiger partial charge in [-0.2, -0.15) is 0 Å². The molecule has 0 aliphatic rings. The highest BCUT2D eigenvalue weighted by Crippen LogP contribution is 2.25. The number of hydrogen-bond acceptors (Lipinski definition) is 1. The van der Waals surface area contributed by atoms with Crippen LogP contribution in [-0.2, 0) is 13.6 Å². The van der Waals surface area contributed by atoms with E-state index in [0.717, 1.165) is 12.2 Å². The minimum absolute atomic E-state index is 0.507. The second-order valence-corrected chi connectivity index (χ2v) is 5.51. The zero-order chi connectivity index (χ0) is 12.3. The smallest absolute Gasteiger partial charge is 0.127 e. The molecule has 0 bridgehead atoms. The van der Waals surface area contributed by atoms with E-state index in [1.807, 2.05) is 17.7 Å². The first-order valence-corrected chi connectivity index (χ1v) is 6.40. The van der Waals surface area contributed by atoms with E-state index in [1.165, 1.54) is 6.42 Å². The molecule has 1 rings (SSSR count). The molecular formula is C12H20Cl2N2. The lowest BCUT2D eigenvalue weighted by Crippen LogP contribution is -2.27. The number of nitrogens with zero attached hydrogens (tertiary/aromatic N) is 1. The summed E-state index contributed by atoms with van der Waals surface area (Å²) in [6.07, 6.45) is 1.17. The predicted octanol–water partition coefficient (Wildman–Crippen LogP) is 3.86. The standard InChI is InChI=1S/C12H20Cl2N2/c1-8(2)5-9(3)15-7-10-6-11(13)12(14)16(10)4/h6,8-9,15H,5,7H2,1-4H3. The molecule has 0 aliphatic heterocycles. The summed E-state index contributed by atoms with van der Waals surface area (Å²) in [5, 5.41) is 4.70. The molecule has 2 nitrogen and oxygen atoms in total. The number of nitrogens with one attached hydrogen (secondary N) is 1. The summed E-state index contributed by atoms with van der Waals surface area (Å²) in [7, 11) is 1.93. The summed E-state index contributed by atoms with van der Waals surface area (Å²) in [5.74, 6) is 0.711. The third kappa shape index (κ3) is 3.69. The second-order valence-electron chi connectivity index (χ2n) is 4.74. The van der Waals surface area contributed by atoms with Crippen LogP contribution in [0.15, 0.2) is 6.07 Å². The van der Waals surface area contributed by atoms with E-state index < -0.39 is 0 Å². The lowest BCUT2D eigenvalue weighted by molar-refractivity contribution is 0.437. The van der Waals surface area contributed by atoms with Gasteiger partial charge in [0.05, 0.1) is 5.02 Å². The molecule has 1 unspecified atom stereocenters. The molecule has 92 valence electrons. The topological polar surface area (TPSA) is 17.0 Å². The van der Waals surface area contributed by atoms with Gasteiger partial charge in [-0.15, -0.1) is 0 Å². The van der Waals surface area contributed by atoms with Crippen LogP contribution in [0, 0.1) is 5.92 Å². The fourth-order valence-electron chi connectivity index (χ4n) is 1.83. The van der Waals surface area contributed by atoms with Crippen LogP contribution < -0.4 is 5.32 Å². The second kappa shape index (κ2) is 5.95. The average molecular weight is 263 g/mol.